The molecule has 0 bridgehead atoms. The van der Waals surface area contributed by atoms with Crippen molar-refractivity contribution >= 4 is 11.8 Å². The van der Waals surface area contributed by atoms with E-state index in [0.29, 0.717) is 17.9 Å². The summed E-state index contributed by atoms with van der Waals surface area (Å²) in [7, 11) is 4.83. The molecule has 0 spiro atoms. The maximum absolute atomic E-state index is 12.9. The average Bonchev–Trinajstić information content (AvgIpc) is 2.66. The third-order valence-electron chi connectivity index (χ3n) is 4.66. The Morgan fingerprint density at radius 2 is 1.96 bits per heavy atom. The predicted molar refractivity (Wildman–Crippen MR) is 97.0 cm³/mol. The van der Waals surface area contributed by atoms with Crippen LogP contribution in [0.2, 0.25) is 0 Å². The van der Waals surface area contributed by atoms with Gasteiger partial charge in [-0.15, -0.1) is 0 Å². The van der Waals surface area contributed by atoms with Crippen molar-refractivity contribution < 1.29 is 19.1 Å². The molecule has 0 fully saturated rings. The summed E-state index contributed by atoms with van der Waals surface area (Å²) >= 11 is 0. The van der Waals surface area contributed by atoms with Gasteiger partial charge in [-0.25, -0.2) is 0 Å². The molecule has 2 amide bonds. The molecule has 1 heterocycles. The molecule has 6 nitrogen and oxygen atoms in total. The molecule has 3 rings (SSSR count). The first-order valence-electron chi connectivity index (χ1n) is 8.37. The Morgan fingerprint density at radius 3 is 2.69 bits per heavy atom. The van der Waals surface area contributed by atoms with Crippen molar-refractivity contribution in [1.29, 1.82) is 0 Å². The van der Waals surface area contributed by atoms with E-state index in [-0.39, 0.29) is 18.4 Å². The first-order valence-corrected chi connectivity index (χ1v) is 8.37. The van der Waals surface area contributed by atoms with Crippen molar-refractivity contribution in [3.05, 3.63) is 59.2 Å². The molecule has 1 aliphatic heterocycles. The first-order chi connectivity index (χ1) is 12.5. The molecular formula is C20H22N2O4. The van der Waals surface area contributed by atoms with Crippen molar-refractivity contribution in [1.82, 2.24) is 10.2 Å². The lowest BCUT2D eigenvalue weighted by molar-refractivity contribution is -0.140. The predicted octanol–water partition coefficient (Wildman–Crippen LogP) is 2.08. The molecule has 136 valence electrons. The van der Waals surface area contributed by atoms with Gasteiger partial charge in [0.15, 0.2) is 0 Å². The van der Waals surface area contributed by atoms with Crippen LogP contribution in [0.5, 0.6) is 11.5 Å². The molecule has 6 heteroatoms. The lowest BCUT2D eigenvalue weighted by Gasteiger charge is -2.33. The number of hydrogen-bond donors (Lipinski definition) is 1. The van der Waals surface area contributed by atoms with Crippen LogP contribution in [-0.4, -0.2) is 38.0 Å². The summed E-state index contributed by atoms with van der Waals surface area (Å²) in [5, 5.41) is 2.92. The number of rotatable bonds is 5. The summed E-state index contributed by atoms with van der Waals surface area (Å²) in [6.45, 7) is 0.278. The molecule has 1 unspecified atom stereocenters. The van der Waals surface area contributed by atoms with Gasteiger partial charge < -0.3 is 19.7 Å². The molecule has 2 aromatic rings. The van der Waals surface area contributed by atoms with E-state index in [1.54, 1.807) is 33.4 Å². The average molecular weight is 354 g/mol. The van der Waals surface area contributed by atoms with Crippen LogP contribution in [0.3, 0.4) is 0 Å². The largest absolute Gasteiger partial charge is 0.497 e. The minimum atomic E-state index is -0.635. The van der Waals surface area contributed by atoms with E-state index in [1.807, 2.05) is 30.3 Å². The molecule has 1 atom stereocenters. The fraction of sp³-hybridized carbons (Fsp3) is 0.300. The van der Waals surface area contributed by atoms with Gasteiger partial charge in [-0.05, 0) is 29.3 Å². The second-order valence-corrected chi connectivity index (χ2v) is 6.18. The number of fused-ring (bicyclic) bond motifs is 1. The first kappa shape index (κ1) is 17.8. The number of carbonyl (C=O) groups is 2. The summed E-state index contributed by atoms with van der Waals surface area (Å²) in [6.07, 6.45) is 0.320. The molecular weight excluding hydrogens is 332 g/mol. The van der Waals surface area contributed by atoms with E-state index in [0.717, 1.165) is 16.7 Å². The highest BCUT2D eigenvalue weighted by atomic mass is 16.5. The zero-order chi connectivity index (χ0) is 18.7. The number of nitrogens with one attached hydrogen (secondary N) is 1. The van der Waals surface area contributed by atoms with Crippen LogP contribution >= 0.6 is 0 Å². The highest BCUT2D eigenvalue weighted by molar-refractivity contribution is 5.92. The van der Waals surface area contributed by atoms with Crippen molar-refractivity contribution in [3.8, 4) is 11.5 Å². The van der Waals surface area contributed by atoms with E-state index in [4.69, 9.17) is 9.47 Å². The molecule has 0 saturated heterocycles. The Bertz CT molecular complexity index is 834. The van der Waals surface area contributed by atoms with Crippen LogP contribution in [-0.2, 0) is 22.6 Å². The highest BCUT2D eigenvalue weighted by Crippen LogP contribution is 2.30. The van der Waals surface area contributed by atoms with Gasteiger partial charge in [0, 0.05) is 19.2 Å². The number of amides is 2. The van der Waals surface area contributed by atoms with E-state index in [1.165, 1.54) is 4.90 Å². The summed E-state index contributed by atoms with van der Waals surface area (Å²) in [4.78, 5) is 26.6. The Labute approximate surface area is 152 Å². The summed E-state index contributed by atoms with van der Waals surface area (Å²) in [6, 6.07) is 12.3. The highest BCUT2D eigenvalue weighted by Gasteiger charge is 2.34. The molecule has 0 saturated carbocycles. The van der Waals surface area contributed by atoms with Gasteiger partial charge in [-0.2, -0.15) is 0 Å². The number of benzene rings is 2. The molecule has 1 N–H and O–H groups in total. The Morgan fingerprint density at radius 1 is 1.19 bits per heavy atom. The van der Waals surface area contributed by atoms with E-state index < -0.39 is 6.04 Å². The molecule has 0 radical (unpaired) electrons. The maximum atomic E-state index is 12.9. The fourth-order valence-corrected chi connectivity index (χ4v) is 3.22. The van der Waals surface area contributed by atoms with Crippen molar-refractivity contribution in [3.63, 3.8) is 0 Å². The van der Waals surface area contributed by atoms with Gasteiger partial charge in [-0.1, -0.05) is 24.3 Å². The number of ether oxygens (including phenoxy) is 2. The van der Waals surface area contributed by atoms with E-state index >= 15 is 0 Å². The topological polar surface area (TPSA) is 67.9 Å². The van der Waals surface area contributed by atoms with Crippen LogP contribution in [0.1, 0.15) is 22.7 Å². The van der Waals surface area contributed by atoms with Gasteiger partial charge in [0.25, 0.3) is 0 Å². The SMILES string of the molecule is COc1ccc(OC)c(CNC(=O)C2c3ccccc3CC(=O)N2C)c1. The normalized spacial score (nSPS) is 16.0. The molecule has 2 aromatic carbocycles. The van der Waals surface area contributed by atoms with Gasteiger partial charge in [-0.3, -0.25) is 9.59 Å². The Kier molecular flexibility index (Phi) is 5.11. The van der Waals surface area contributed by atoms with Crippen LogP contribution in [0, 0.1) is 0 Å². The number of methoxy groups -OCH3 is 2. The van der Waals surface area contributed by atoms with Gasteiger partial charge in [0.05, 0.1) is 20.6 Å². The van der Waals surface area contributed by atoms with Crippen LogP contribution in [0.15, 0.2) is 42.5 Å². The second kappa shape index (κ2) is 7.47. The zero-order valence-corrected chi connectivity index (χ0v) is 15.1. The number of likely N-dealkylation sites (N-methyl/N-ethyl adjacent to an activating group) is 1. The minimum Gasteiger partial charge on any atom is -0.497 e. The number of nitrogens with zero attached hydrogens (tertiary/aromatic N) is 1. The van der Waals surface area contributed by atoms with Crippen molar-refractivity contribution in [2.75, 3.05) is 21.3 Å². The summed E-state index contributed by atoms with van der Waals surface area (Å²) < 4.78 is 10.6. The molecule has 1 aliphatic rings. The standard InChI is InChI=1S/C20H22N2O4/c1-22-18(23)11-13-6-4-5-7-16(13)19(22)20(24)21-12-14-10-15(25-2)8-9-17(14)26-3/h4-10,19H,11-12H2,1-3H3,(H,21,24). The van der Waals surface area contributed by atoms with Crippen LogP contribution in [0.25, 0.3) is 0 Å². The number of carbonyl (C=O) groups excluding carboxylic acids is 2. The molecule has 0 aromatic heterocycles. The Balaban J connectivity index is 1.81. The van der Waals surface area contributed by atoms with Crippen LogP contribution in [0.4, 0.5) is 0 Å². The van der Waals surface area contributed by atoms with Crippen LogP contribution < -0.4 is 14.8 Å². The van der Waals surface area contributed by atoms with E-state index in [2.05, 4.69) is 5.32 Å². The smallest absolute Gasteiger partial charge is 0.247 e. The quantitative estimate of drug-likeness (QED) is 0.893. The third-order valence-corrected chi connectivity index (χ3v) is 4.66. The van der Waals surface area contributed by atoms with E-state index in [9.17, 15) is 9.59 Å². The minimum absolute atomic E-state index is 0.0668. The monoisotopic (exact) mass is 354 g/mol. The molecule has 26 heavy (non-hydrogen) atoms. The van der Waals surface area contributed by atoms with Crippen molar-refractivity contribution in [2.45, 2.75) is 19.0 Å². The summed E-state index contributed by atoms with van der Waals surface area (Å²) in [5.41, 5.74) is 2.57. The summed E-state index contributed by atoms with van der Waals surface area (Å²) in [5.74, 6) is 1.06. The lowest BCUT2D eigenvalue weighted by atomic mass is 9.92. The van der Waals surface area contributed by atoms with Crippen molar-refractivity contribution in [2.24, 2.45) is 0 Å². The van der Waals surface area contributed by atoms with Gasteiger partial charge in [0.1, 0.15) is 17.5 Å². The molecule has 0 aliphatic carbocycles. The second-order valence-electron chi connectivity index (χ2n) is 6.18. The zero-order valence-electron chi connectivity index (χ0n) is 15.1. The fourth-order valence-electron chi connectivity index (χ4n) is 3.22. The lowest BCUT2D eigenvalue weighted by Crippen LogP contribution is -2.45. The third kappa shape index (κ3) is 3.35. The maximum Gasteiger partial charge on any atom is 0.247 e. The van der Waals surface area contributed by atoms with Gasteiger partial charge >= 0.3 is 0 Å². The Hall–Kier alpha value is -3.02. The van der Waals surface area contributed by atoms with Gasteiger partial charge in [0.2, 0.25) is 11.8 Å². The number of hydrogen-bond acceptors (Lipinski definition) is 4.